The SMILES string of the molecule is CC[C@H](O)c1ccc(-c2ccc(C)cc2)cc1-c1ccc(C)cc1. The zero-order valence-electron chi connectivity index (χ0n) is 14.6. The van der Waals surface area contributed by atoms with Gasteiger partial charge in [-0.1, -0.05) is 78.7 Å². The molecule has 0 unspecified atom stereocenters. The number of aliphatic hydroxyl groups is 1. The molecule has 24 heavy (non-hydrogen) atoms. The zero-order chi connectivity index (χ0) is 17.1. The first-order chi connectivity index (χ1) is 11.6. The predicted molar refractivity (Wildman–Crippen MR) is 102 cm³/mol. The van der Waals surface area contributed by atoms with Gasteiger partial charge >= 0.3 is 0 Å². The molecule has 3 aromatic rings. The molecule has 1 heteroatoms. The fourth-order valence-electron chi connectivity index (χ4n) is 2.98. The summed E-state index contributed by atoms with van der Waals surface area (Å²) < 4.78 is 0. The van der Waals surface area contributed by atoms with Crippen LogP contribution in [0.15, 0.2) is 66.7 Å². The maximum absolute atomic E-state index is 10.4. The van der Waals surface area contributed by atoms with E-state index < -0.39 is 6.10 Å². The molecular formula is C23H24O. The highest BCUT2D eigenvalue weighted by Gasteiger charge is 2.13. The Morgan fingerprint density at radius 2 is 1.21 bits per heavy atom. The largest absolute Gasteiger partial charge is 0.388 e. The van der Waals surface area contributed by atoms with Crippen molar-refractivity contribution >= 4 is 0 Å². The third-order valence-electron chi connectivity index (χ3n) is 4.55. The lowest BCUT2D eigenvalue weighted by Crippen LogP contribution is -1.99. The lowest BCUT2D eigenvalue weighted by Gasteiger charge is -2.16. The molecule has 1 atom stereocenters. The summed E-state index contributed by atoms with van der Waals surface area (Å²) in [6.45, 7) is 6.20. The number of rotatable bonds is 4. The highest BCUT2D eigenvalue weighted by molar-refractivity contribution is 5.76. The number of hydrogen-bond donors (Lipinski definition) is 1. The van der Waals surface area contributed by atoms with Crippen LogP contribution in [0.4, 0.5) is 0 Å². The minimum Gasteiger partial charge on any atom is -0.388 e. The van der Waals surface area contributed by atoms with E-state index in [1.807, 2.05) is 6.92 Å². The summed E-state index contributed by atoms with van der Waals surface area (Å²) in [6, 6.07) is 23.5. The monoisotopic (exact) mass is 316 g/mol. The molecule has 122 valence electrons. The van der Waals surface area contributed by atoms with E-state index in [0.717, 1.165) is 16.7 Å². The Bertz CT molecular complexity index is 814. The van der Waals surface area contributed by atoms with E-state index in [0.29, 0.717) is 6.42 Å². The Morgan fingerprint density at radius 3 is 1.75 bits per heavy atom. The molecule has 0 saturated carbocycles. The Kier molecular flexibility index (Phi) is 4.82. The van der Waals surface area contributed by atoms with Crippen molar-refractivity contribution in [1.29, 1.82) is 0 Å². The molecule has 0 fully saturated rings. The predicted octanol–water partition coefficient (Wildman–Crippen LogP) is 6.08. The Labute approximate surface area is 144 Å². The topological polar surface area (TPSA) is 20.2 Å². The van der Waals surface area contributed by atoms with Gasteiger partial charge in [0.25, 0.3) is 0 Å². The van der Waals surface area contributed by atoms with E-state index in [1.54, 1.807) is 0 Å². The second kappa shape index (κ2) is 7.02. The molecule has 1 N–H and O–H groups in total. The van der Waals surface area contributed by atoms with Crippen molar-refractivity contribution < 1.29 is 5.11 Å². The van der Waals surface area contributed by atoms with E-state index in [9.17, 15) is 5.11 Å². The van der Waals surface area contributed by atoms with Gasteiger partial charge in [-0.15, -0.1) is 0 Å². The quantitative estimate of drug-likeness (QED) is 0.618. The third kappa shape index (κ3) is 3.42. The van der Waals surface area contributed by atoms with Crippen LogP contribution in [-0.4, -0.2) is 5.11 Å². The van der Waals surface area contributed by atoms with Crippen molar-refractivity contribution in [1.82, 2.24) is 0 Å². The van der Waals surface area contributed by atoms with Crippen molar-refractivity contribution in [3.05, 3.63) is 83.4 Å². The van der Waals surface area contributed by atoms with Crippen LogP contribution in [0.25, 0.3) is 22.3 Å². The molecule has 0 saturated heterocycles. The van der Waals surface area contributed by atoms with Gasteiger partial charge in [0, 0.05) is 0 Å². The maximum Gasteiger partial charge on any atom is 0.0793 e. The van der Waals surface area contributed by atoms with Crippen LogP contribution in [0.1, 0.15) is 36.1 Å². The standard InChI is InChI=1S/C23H24O/c1-4-23(24)21-14-13-20(18-9-5-16(2)6-10-18)15-22(21)19-11-7-17(3)8-12-19/h5-15,23-24H,4H2,1-3H3/t23-/m0/s1. The van der Waals surface area contributed by atoms with Gasteiger partial charge in [0.15, 0.2) is 0 Å². The molecule has 0 aliphatic carbocycles. The van der Waals surface area contributed by atoms with Crippen LogP contribution in [0.3, 0.4) is 0 Å². The molecule has 3 rings (SSSR count). The molecule has 0 radical (unpaired) electrons. The summed E-state index contributed by atoms with van der Waals surface area (Å²) in [6.07, 6.45) is 0.274. The molecule has 0 amide bonds. The van der Waals surface area contributed by atoms with E-state index in [4.69, 9.17) is 0 Å². The average Bonchev–Trinajstić information content (AvgIpc) is 2.62. The van der Waals surface area contributed by atoms with Crippen LogP contribution in [-0.2, 0) is 0 Å². The summed E-state index contributed by atoms with van der Waals surface area (Å²) >= 11 is 0. The number of aliphatic hydroxyl groups excluding tert-OH is 1. The second-order valence-corrected chi connectivity index (χ2v) is 6.46. The van der Waals surface area contributed by atoms with Crippen LogP contribution in [0.5, 0.6) is 0 Å². The molecule has 3 aromatic carbocycles. The average molecular weight is 316 g/mol. The summed E-state index contributed by atoms with van der Waals surface area (Å²) in [5.41, 5.74) is 8.14. The van der Waals surface area contributed by atoms with E-state index in [2.05, 4.69) is 80.6 Å². The minimum atomic E-state index is -0.437. The first-order valence-electron chi connectivity index (χ1n) is 8.54. The summed E-state index contributed by atoms with van der Waals surface area (Å²) in [7, 11) is 0. The number of benzene rings is 3. The van der Waals surface area contributed by atoms with Gasteiger partial charge in [0.2, 0.25) is 0 Å². The maximum atomic E-state index is 10.4. The molecule has 0 aliphatic rings. The van der Waals surface area contributed by atoms with Crippen molar-refractivity contribution in [2.75, 3.05) is 0 Å². The molecule has 0 bridgehead atoms. The van der Waals surface area contributed by atoms with Gasteiger partial charge in [-0.05, 0) is 54.2 Å². The number of aryl methyl sites for hydroxylation is 2. The van der Waals surface area contributed by atoms with Gasteiger partial charge in [0.1, 0.15) is 0 Å². The van der Waals surface area contributed by atoms with Crippen LogP contribution < -0.4 is 0 Å². The molecular weight excluding hydrogens is 292 g/mol. The third-order valence-corrected chi connectivity index (χ3v) is 4.55. The van der Waals surface area contributed by atoms with Crippen molar-refractivity contribution in [3.8, 4) is 22.3 Å². The molecule has 0 aromatic heterocycles. The summed E-state index contributed by atoms with van der Waals surface area (Å²) in [4.78, 5) is 0. The summed E-state index contributed by atoms with van der Waals surface area (Å²) in [5, 5.41) is 10.4. The van der Waals surface area contributed by atoms with E-state index in [-0.39, 0.29) is 0 Å². The highest BCUT2D eigenvalue weighted by Crippen LogP contribution is 2.34. The van der Waals surface area contributed by atoms with Gasteiger partial charge in [-0.3, -0.25) is 0 Å². The Morgan fingerprint density at radius 1 is 0.708 bits per heavy atom. The molecule has 0 spiro atoms. The van der Waals surface area contributed by atoms with Crippen molar-refractivity contribution in [3.63, 3.8) is 0 Å². The van der Waals surface area contributed by atoms with E-state index in [1.165, 1.54) is 22.3 Å². The van der Waals surface area contributed by atoms with Gasteiger partial charge in [0.05, 0.1) is 6.10 Å². The van der Waals surface area contributed by atoms with Gasteiger partial charge in [-0.2, -0.15) is 0 Å². The Balaban J connectivity index is 2.13. The number of hydrogen-bond acceptors (Lipinski definition) is 1. The molecule has 0 aliphatic heterocycles. The van der Waals surface area contributed by atoms with Crippen LogP contribution in [0.2, 0.25) is 0 Å². The first kappa shape index (κ1) is 16.5. The van der Waals surface area contributed by atoms with Crippen LogP contribution in [0, 0.1) is 13.8 Å². The normalized spacial score (nSPS) is 12.2. The van der Waals surface area contributed by atoms with Gasteiger partial charge in [-0.25, -0.2) is 0 Å². The van der Waals surface area contributed by atoms with Crippen LogP contribution >= 0.6 is 0 Å². The highest BCUT2D eigenvalue weighted by atomic mass is 16.3. The lowest BCUT2D eigenvalue weighted by molar-refractivity contribution is 0.174. The zero-order valence-corrected chi connectivity index (χ0v) is 14.6. The second-order valence-electron chi connectivity index (χ2n) is 6.46. The fraction of sp³-hybridized carbons (Fsp3) is 0.217. The van der Waals surface area contributed by atoms with Crippen molar-refractivity contribution in [2.24, 2.45) is 0 Å². The lowest BCUT2D eigenvalue weighted by atomic mass is 9.91. The smallest absolute Gasteiger partial charge is 0.0793 e. The van der Waals surface area contributed by atoms with Gasteiger partial charge < -0.3 is 5.11 Å². The minimum absolute atomic E-state index is 0.437. The fourth-order valence-corrected chi connectivity index (χ4v) is 2.98. The summed E-state index contributed by atoms with van der Waals surface area (Å²) in [5.74, 6) is 0. The van der Waals surface area contributed by atoms with Crippen molar-refractivity contribution in [2.45, 2.75) is 33.3 Å². The molecule has 1 nitrogen and oxygen atoms in total. The van der Waals surface area contributed by atoms with E-state index >= 15 is 0 Å². The Hall–Kier alpha value is -2.38. The first-order valence-corrected chi connectivity index (χ1v) is 8.54. The molecule has 0 heterocycles.